The molecule has 0 bridgehead atoms. The van der Waals surface area contributed by atoms with Gasteiger partial charge in [-0.3, -0.25) is 0 Å². The van der Waals surface area contributed by atoms with Crippen LogP contribution < -0.4 is 0 Å². The molecule has 0 aromatic carbocycles. The predicted octanol–water partition coefficient (Wildman–Crippen LogP) is 4.58. The molecule has 1 heterocycles. The molecule has 0 amide bonds. The minimum atomic E-state index is -0.570. The summed E-state index contributed by atoms with van der Waals surface area (Å²) in [6, 6.07) is 0. The predicted molar refractivity (Wildman–Crippen MR) is 103 cm³/mol. The second-order valence-corrected chi connectivity index (χ2v) is 7.60. The Morgan fingerprint density at radius 1 is 0.960 bits per heavy atom. The molecule has 0 aromatic rings. The largest absolute Gasteiger partial charge is 0.388 e. The molecule has 25 heavy (non-hydrogen) atoms. The van der Waals surface area contributed by atoms with Crippen LogP contribution in [0.4, 0.5) is 0 Å². The minimum Gasteiger partial charge on any atom is -0.388 e. The lowest BCUT2D eigenvalue weighted by Crippen LogP contribution is -2.36. The highest BCUT2D eigenvalue weighted by Crippen LogP contribution is 2.21. The van der Waals surface area contributed by atoms with Gasteiger partial charge in [0.1, 0.15) is 18.3 Å². The Morgan fingerprint density at radius 3 is 2.12 bits per heavy atom. The Labute approximate surface area is 155 Å². The summed E-state index contributed by atoms with van der Waals surface area (Å²) >= 11 is 0. The number of ether oxygens (including phenoxy) is 3. The third-order valence-electron chi connectivity index (χ3n) is 5.50. The summed E-state index contributed by atoms with van der Waals surface area (Å²) in [7, 11) is 0. The first-order valence-electron chi connectivity index (χ1n) is 10.6. The van der Waals surface area contributed by atoms with Crippen molar-refractivity contribution in [2.75, 3.05) is 26.4 Å². The Bertz CT molecular complexity index is 310. The van der Waals surface area contributed by atoms with Crippen LogP contribution in [0.1, 0.15) is 79.1 Å². The van der Waals surface area contributed by atoms with Crippen LogP contribution in [-0.4, -0.2) is 49.8 Å². The highest BCUT2D eigenvalue weighted by molar-refractivity contribution is 4.84. The Hall–Kier alpha value is -0.160. The Balaban J connectivity index is 2.24. The molecular weight excluding hydrogens is 316 g/mol. The Kier molecular flexibility index (Phi) is 12.8. The first-order valence-corrected chi connectivity index (χ1v) is 10.6. The number of unbranched alkanes of at least 4 members (excludes halogenated alkanes) is 2. The van der Waals surface area contributed by atoms with Gasteiger partial charge in [0, 0.05) is 6.61 Å². The Morgan fingerprint density at radius 2 is 1.56 bits per heavy atom. The molecule has 0 radical (unpaired) electrons. The number of hydrogen-bond donors (Lipinski definition) is 1. The minimum absolute atomic E-state index is 0.202. The van der Waals surface area contributed by atoms with E-state index in [0.717, 1.165) is 26.1 Å². The van der Waals surface area contributed by atoms with Crippen molar-refractivity contribution in [3.63, 3.8) is 0 Å². The van der Waals surface area contributed by atoms with Crippen LogP contribution in [0.5, 0.6) is 0 Å². The van der Waals surface area contributed by atoms with Crippen molar-refractivity contribution in [3.05, 3.63) is 0 Å². The van der Waals surface area contributed by atoms with Gasteiger partial charge in [0.25, 0.3) is 0 Å². The summed E-state index contributed by atoms with van der Waals surface area (Å²) in [6.45, 7) is 11.3. The molecule has 150 valence electrons. The van der Waals surface area contributed by atoms with Crippen molar-refractivity contribution in [3.8, 4) is 0 Å². The molecule has 0 aliphatic carbocycles. The third kappa shape index (κ3) is 8.85. The molecule has 1 rings (SSSR count). The van der Waals surface area contributed by atoms with Crippen molar-refractivity contribution in [1.29, 1.82) is 0 Å². The van der Waals surface area contributed by atoms with Crippen LogP contribution >= 0.6 is 0 Å². The van der Waals surface area contributed by atoms with Gasteiger partial charge in [0.2, 0.25) is 0 Å². The summed E-state index contributed by atoms with van der Waals surface area (Å²) in [5, 5.41) is 10.4. The van der Waals surface area contributed by atoms with Gasteiger partial charge in [-0.15, -0.1) is 0 Å². The fourth-order valence-electron chi connectivity index (χ4n) is 3.36. The van der Waals surface area contributed by atoms with Gasteiger partial charge in [-0.1, -0.05) is 66.2 Å². The second-order valence-electron chi connectivity index (χ2n) is 7.60. The molecule has 1 fully saturated rings. The van der Waals surface area contributed by atoms with Crippen LogP contribution in [0.2, 0.25) is 0 Å². The number of aliphatic hydroxyl groups excluding tert-OH is 1. The molecule has 0 aromatic heterocycles. The molecule has 5 atom stereocenters. The first kappa shape index (κ1) is 22.9. The first-order chi connectivity index (χ1) is 12.2. The highest BCUT2D eigenvalue weighted by Gasteiger charge is 2.37. The maximum atomic E-state index is 10.4. The summed E-state index contributed by atoms with van der Waals surface area (Å²) in [5.41, 5.74) is 0. The zero-order valence-electron chi connectivity index (χ0n) is 17.0. The number of rotatable bonds is 15. The monoisotopic (exact) mass is 358 g/mol. The van der Waals surface area contributed by atoms with Crippen LogP contribution in [0.25, 0.3) is 0 Å². The molecule has 0 spiro atoms. The molecule has 4 heteroatoms. The van der Waals surface area contributed by atoms with Gasteiger partial charge in [-0.05, 0) is 24.7 Å². The molecule has 1 aliphatic heterocycles. The molecule has 0 saturated carbocycles. The lowest BCUT2D eigenvalue weighted by molar-refractivity contribution is -0.0514. The van der Waals surface area contributed by atoms with Gasteiger partial charge in [-0.25, -0.2) is 0 Å². The van der Waals surface area contributed by atoms with Gasteiger partial charge >= 0.3 is 0 Å². The van der Waals surface area contributed by atoms with Crippen molar-refractivity contribution < 1.29 is 19.3 Å². The quantitative estimate of drug-likeness (QED) is 0.465. The van der Waals surface area contributed by atoms with E-state index in [2.05, 4.69) is 27.7 Å². The van der Waals surface area contributed by atoms with E-state index in [4.69, 9.17) is 14.2 Å². The van der Waals surface area contributed by atoms with Crippen molar-refractivity contribution in [1.82, 2.24) is 0 Å². The zero-order chi connectivity index (χ0) is 18.5. The lowest BCUT2D eigenvalue weighted by atomic mass is 10.0. The third-order valence-corrected chi connectivity index (χ3v) is 5.50. The summed E-state index contributed by atoms with van der Waals surface area (Å²) in [5.74, 6) is 1.21. The number of aliphatic hydroxyl groups is 1. The van der Waals surface area contributed by atoms with Crippen LogP contribution in [-0.2, 0) is 14.2 Å². The molecule has 4 nitrogen and oxygen atoms in total. The van der Waals surface area contributed by atoms with Crippen LogP contribution in [0.15, 0.2) is 0 Å². The fraction of sp³-hybridized carbons (Fsp3) is 1.00. The second kappa shape index (κ2) is 14.0. The van der Waals surface area contributed by atoms with Crippen LogP contribution in [0.3, 0.4) is 0 Å². The van der Waals surface area contributed by atoms with E-state index in [1.165, 1.54) is 38.5 Å². The molecule has 1 N–H and O–H groups in total. The topological polar surface area (TPSA) is 47.9 Å². The van der Waals surface area contributed by atoms with Gasteiger partial charge in [-0.2, -0.15) is 0 Å². The number of hydrogen-bond acceptors (Lipinski definition) is 4. The molecular formula is C21H42O4. The average molecular weight is 359 g/mol. The lowest BCUT2D eigenvalue weighted by Gasteiger charge is -2.22. The molecule has 2 unspecified atom stereocenters. The van der Waals surface area contributed by atoms with E-state index < -0.39 is 6.10 Å². The van der Waals surface area contributed by atoms with Crippen molar-refractivity contribution in [2.24, 2.45) is 11.8 Å². The van der Waals surface area contributed by atoms with Gasteiger partial charge in [0.15, 0.2) is 0 Å². The normalized spacial score (nSPS) is 26.0. The maximum Gasteiger partial charge on any atom is 0.111 e. The maximum absolute atomic E-state index is 10.4. The van der Waals surface area contributed by atoms with E-state index in [0.29, 0.717) is 25.0 Å². The van der Waals surface area contributed by atoms with Crippen molar-refractivity contribution in [2.45, 2.75) is 97.4 Å². The summed E-state index contributed by atoms with van der Waals surface area (Å²) in [6.07, 6.45) is 8.66. The van der Waals surface area contributed by atoms with E-state index in [1.54, 1.807) is 0 Å². The molecule has 1 aliphatic rings. The smallest absolute Gasteiger partial charge is 0.111 e. The van der Waals surface area contributed by atoms with Gasteiger partial charge in [0.05, 0.1) is 19.8 Å². The fourth-order valence-corrected chi connectivity index (χ4v) is 3.36. The summed E-state index contributed by atoms with van der Waals surface area (Å²) in [4.78, 5) is 0. The SMILES string of the molecule is CCCCC(CC)COC[C@@H]1OC[C@@H](OCC(CC)CCCC)[C@@H]1O. The highest BCUT2D eigenvalue weighted by atomic mass is 16.6. The average Bonchev–Trinajstić information content (AvgIpc) is 2.98. The van der Waals surface area contributed by atoms with Crippen LogP contribution in [0, 0.1) is 11.8 Å². The van der Waals surface area contributed by atoms with E-state index in [1.807, 2.05) is 0 Å². The van der Waals surface area contributed by atoms with Crippen molar-refractivity contribution >= 4 is 0 Å². The van der Waals surface area contributed by atoms with Gasteiger partial charge < -0.3 is 19.3 Å². The van der Waals surface area contributed by atoms with E-state index >= 15 is 0 Å². The standard InChI is InChI=1S/C21H42O4/c1-5-9-11-17(7-3)13-23-15-19-21(22)20(16-25-19)24-14-18(8-4)12-10-6-2/h17-22H,5-16H2,1-4H3/t17?,18?,19-,20+,21+/m0/s1. The van der Waals surface area contributed by atoms with E-state index in [-0.39, 0.29) is 12.2 Å². The zero-order valence-corrected chi connectivity index (χ0v) is 17.0. The molecule has 1 saturated heterocycles. The van der Waals surface area contributed by atoms with E-state index in [9.17, 15) is 5.11 Å². The summed E-state index contributed by atoms with van der Waals surface area (Å²) < 4.78 is 17.5.